The molecule has 0 fully saturated rings. The van der Waals surface area contributed by atoms with Gasteiger partial charge in [-0.05, 0) is 26.2 Å². The van der Waals surface area contributed by atoms with Crippen molar-refractivity contribution in [3.63, 3.8) is 0 Å². The SMILES string of the molecule is CCNC(=NCCCOCC(F)(F)F)NC(C)C(C)C. The molecule has 7 heteroatoms. The third kappa shape index (κ3) is 10.9. The molecule has 0 aromatic heterocycles. The van der Waals surface area contributed by atoms with Crippen molar-refractivity contribution in [2.45, 2.75) is 46.3 Å². The number of hydrogen-bond donors (Lipinski definition) is 2. The van der Waals surface area contributed by atoms with E-state index in [2.05, 4.69) is 41.1 Å². The Morgan fingerprint density at radius 3 is 2.40 bits per heavy atom. The molecule has 1 unspecified atom stereocenters. The van der Waals surface area contributed by atoms with E-state index in [1.54, 1.807) is 0 Å². The molecular formula is C13H26F3N3O. The number of nitrogens with one attached hydrogen (secondary N) is 2. The van der Waals surface area contributed by atoms with Crippen LogP contribution in [-0.2, 0) is 4.74 Å². The van der Waals surface area contributed by atoms with Crippen molar-refractivity contribution in [3.8, 4) is 0 Å². The van der Waals surface area contributed by atoms with Gasteiger partial charge in [0.05, 0.1) is 0 Å². The standard InChI is InChI=1S/C13H26F3N3O/c1-5-17-12(19-11(4)10(2)3)18-7-6-8-20-9-13(14,15)16/h10-11H,5-9H2,1-4H3,(H2,17,18,19). The van der Waals surface area contributed by atoms with Crippen LogP contribution in [0.25, 0.3) is 0 Å². The molecule has 0 heterocycles. The van der Waals surface area contributed by atoms with Crippen LogP contribution in [0.3, 0.4) is 0 Å². The number of alkyl halides is 3. The maximum atomic E-state index is 11.8. The zero-order chi connectivity index (χ0) is 15.6. The third-order valence-electron chi connectivity index (χ3n) is 2.69. The molecule has 0 saturated carbocycles. The zero-order valence-corrected chi connectivity index (χ0v) is 12.7. The highest BCUT2D eigenvalue weighted by Crippen LogP contribution is 2.14. The van der Waals surface area contributed by atoms with Crippen LogP contribution in [0.1, 0.15) is 34.1 Å². The first kappa shape index (κ1) is 19.0. The average Bonchev–Trinajstić information content (AvgIpc) is 2.32. The van der Waals surface area contributed by atoms with Crippen molar-refractivity contribution in [1.29, 1.82) is 0 Å². The molecule has 0 rings (SSSR count). The van der Waals surface area contributed by atoms with Gasteiger partial charge in [0.2, 0.25) is 0 Å². The second-order valence-corrected chi connectivity index (χ2v) is 4.96. The van der Waals surface area contributed by atoms with Crippen molar-refractivity contribution in [1.82, 2.24) is 10.6 Å². The molecule has 0 aliphatic heterocycles. The number of rotatable bonds is 8. The third-order valence-corrected chi connectivity index (χ3v) is 2.69. The van der Waals surface area contributed by atoms with Crippen molar-refractivity contribution in [2.24, 2.45) is 10.9 Å². The van der Waals surface area contributed by atoms with Gasteiger partial charge >= 0.3 is 6.18 Å². The summed E-state index contributed by atoms with van der Waals surface area (Å²) in [4.78, 5) is 4.30. The first-order chi connectivity index (χ1) is 9.26. The van der Waals surface area contributed by atoms with Gasteiger partial charge in [-0.15, -0.1) is 0 Å². The number of guanidine groups is 1. The molecule has 0 aliphatic rings. The molecule has 20 heavy (non-hydrogen) atoms. The van der Waals surface area contributed by atoms with Crippen molar-refractivity contribution >= 4 is 5.96 Å². The van der Waals surface area contributed by atoms with E-state index >= 15 is 0 Å². The summed E-state index contributed by atoms with van der Waals surface area (Å²) in [6, 6.07) is 0.272. The number of hydrogen-bond acceptors (Lipinski definition) is 2. The summed E-state index contributed by atoms with van der Waals surface area (Å²) in [6.45, 7) is 8.26. The van der Waals surface area contributed by atoms with E-state index in [0.717, 1.165) is 6.54 Å². The van der Waals surface area contributed by atoms with Gasteiger partial charge in [-0.3, -0.25) is 4.99 Å². The summed E-state index contributed by atoms with van der Waals surface area (Å²) in [5.74, 6) is 1.15. The van der Waals surface area contributed by atoms with Crippen LogP contribution in [0.4, 0.5) is 13.2 Å². The van der Waals surface area contributed by atoms with Gasteiger partial charge in [-0.2, -0.15) is 13.2 Å². The second kappa shape index (κ2) is 9.85. The highest BCUT2D eigenvalue weighted by atomic mass is 19.4. The predicted octanol–water partition coefficient (Wildman–Crippen LogP) is 2.56. The lowest BCUT2D eigenvalue weighted by Crippen LogP contribution is -2.44. The van der Waals surface area contributed by atoms with Crippen molar-refractivity contribution in [3.05, 3.63) is 0 Å². The lowest BCUT2D eigenvalue weighted by atomic mass is 10.1. The molecule has 0 bridgehead atoms. The van der Waals surface area contributed by atoms with Crippen LogP contribution in [0.15, 0.2) is 4.99 Å². The Morgan fingerprint density at radius 1 is 1.25 bits per heavy atom. The minimum absolute atomic E-state index is 0.0577. The number of halogens is 3. The molecular weight excluding hydrogens is 271 g/mol. The summed E-state index contributed by atoms with van der Waals surface area (Å²) >= 11 is 0. The Kier molecular flexibility index (Phi) is 9.37. The lowest BCUT2D eigenvalue weighted by molar-refractivity contribution is -0.173. The van der Waals surface area contributed by atoms with Gasteiger partial charge in [-0.25, -0.2) is 0 Å². The lowest BCUT2D eigenvalue weighted by Gasteiger charge is -2.20. The van der Waals surface area contributed by atoms with Crippen molar-refractivity contribution < 1.29 is 17.9 Å². The smallest absolute Gasteiger partial charge is 0.372 e. The monoisotopic (exact) mass is 297 g/mol. The fourth-order valence-electron chi connectivity index (χ4n) is 1.25. The molecule has 0 radical (unpaired) electrons. The molecule has 0 spiro atoms. The highest BCUT2D eigenvalue weighted by molar-refractivity contribution is 5.80. The number of nitrogens with zero attached hydrogens (tertiary/aromatic N) is 1. The van der Waals surface area contributed by atoms with E-state index < -0.39 is 12.8 Å². The maximum absolute atomic E-state index is 11.8. The van der Waals surface area contributed by atoms with Crippen molar-refractivity contribution in [2.75, 3.05) is 26.3 Å². The Bertz CT molecular complexity index is 281. The molecule has 120 valence electrons. The molecule has 1 atom stereocenters. The summed E-state index contributed by atoms with van der Waals surface area (Å²) in [6.07, 6.45) is -3.80. The molecule has 0 saturated heterocycles. The Morgan fingerprint density at radius 2 is 1.90 bits per heavy atom. The number of ether oxygens (including phenoxy) is 1. The predicted molar refractivity (Wildman–Crippen MR) is 74.9 cm³/mol. The van der Waals surface area contributed by atoms with Gasteiger partial charge in [0.25, 0.3) is 0 Å². The van der Waals surface area contributed by atoms with E-state index in [0.29, 0.717) is 24.8 Å². The maximum Gasteiger partial charge on any atom is 0.411 e. The Balaban J connectivity index is 3.97. The van der Waals surface area contributed by atoms with Gasteiger partial charge in [0.15, 0.2) is 5.96 Å². The largest absolute Gasteiger partial charge is 0.411 e. The van der Waals surface area contributed by atoms with Crippen LogP contribution in [0, 0.1) is 5.92 Å². The summed E-state index contributed by atoms with van der Waals surface area (Å²) in [7, 11) is 0. The fraction of sp³-hybridized carbons (Fsp3) is 0.923. The minimum Gasteiger partial charge on any atom is -0.372 e. The van der Waals surface area contributed by atoms with E-state index in [1.165, 1.54) is 0 Å². The first-order valence-electron chi connectivity index (χ1n) is 6.95. The highest BCUT2D eigenvalue weighted by Gasteiger charge is 2.27. The zero-order valence-electron chi connectivity index (χ0n) is 12.7. The summed E-state index contributed by atoms with van der Waals surface area (Å²) < 4.78 is 40.0. The van der Waals surface area contributed by atoms with E-state index in [9.17, 15) is 13.2 Å². The van der Waals surface area contributed by atoms with Gasteiger partial charge in [0.1, 0.15) is 6.61 Å². The van der Waals surface area contributed by atoms with Crippen LogP contribution in [-0.4, -0.2) is 44.5 Å². The topological polar surface area (TPSA) is 45.7 Å². The molecule has 0 aromatic carbocycles. The van der Waals surface area contributed by atoms with Gasteiger partial charge in [0, 0.05) is 25.7 Å². The van der Waals surface area contributed by atoms with Crippen LogP contribution in [0.2, 0.25) is 0 Å². The second-order valence-electron chi connectivity index (χ2n) is 4.96. The van der Waals surface area contributed by atoms with E-state index in [4.69, 9.17) is 0 Å². The molecule has 4 nitrogen and oxygen atoms in total. The summed E-state index contributed by atoms with van der Waals surface area (Å²) in [5.41, 5.74) is 0. The normalized spacial score (nSPS) is 14.5. The Hall–Kier alpha value is -0.980. The van der Waals surface area contributed by atoms with Crippen LogP contribution in [0.5, 0.6) is 0 Å². The molecule has 0 aliphatic carbocycles. The summed E-state index contributed by atoms with van der Waals surface area (Å²) in [5, 5.41) is 6.35. The molecule has 0 amide bonds. The average molecular weight is 297 g/mol. The fourth-order valence-corrected chi connectivity index (χ4v) is 1.25. The van der Waals surface area contributed by atoms with E-state index in [1.807, 2.05) is 6.92 Å². The quantitative estimate of drug-likeness (QED) is 0.411. The van der Waals surface area contributed by atoms with Gasteiger partial charge in [-0.1, -0.05) is 13.8 Å². The molecule has 2 N–H and O–H groups in total. The minimum atomic E-state index is -4.26. The van der Waals surface area contributed by atoms with Gasteiger partial charge < -0.3 is 15.4 Å². The van der Waals surface area contributed by atoms with E-state index in [-0.39, 0.29) is 12.6 Å². The van der Waals surface area contributed by atoms with Crippen LogP contribution >= 0.6 is 0 Å². The number of aliphatic imine (C=N–C) groups is 1. The molecule has 0 aromatic rings. The first-order valence-corrected chi connectivity index (χ1v) is 6.95. The Labute approximate surface area is 119 Å². The van der Waals surface area contributed by atoms with Crippen LogP contribution < -0.4 is 10.6 Å².